The van der Waals surface area contributed by atoms with Crippen molar-refractivity contribution >= 4 is 23.3 Å². The second kappa shape index (κ2) is 6.93. The highest BCUT2D eigenvalue weighted by Gasteiger charge is 2.05. The van der Waals surface area contributed by atoms with Crippen LogP contribution in [-0.4, -0.2) is 18.7 Å². The smallest absolute Gasteiger partial charge is 0.251 e. The largest absolute Gasteiger partial charge is 0.355 e. The van der Waals surface area contributed by atoms with Crippen LogP contribution in [0.1, 0.15) is 38.8 Å². The van der Waals surface area contributed by atoms with Crippen molar-refractivity contribution in [1.82, 2.24) is 5.32 Å². The Balaban J connectivity index is 2.25. The highest BCUT2D eigenvalue weighted by atomic mass is 35.5. The molecule has 2 aromatic rings. The Labute approximate surface area is 134 Å². The van der Waals surface area contributed by atoms with Crippen LogP contribution in [0.25, 0.3) is 0 Å². The first-order valence-corrected chi connectivity index (χ1v) is 7.03. The summed E-state index contributed by atoms with van der Waals surface area (Å²) >= 11 is 5.96. The first kappa shape index (κ1) is 15.8. The summed E-state index contributed by atoms with van der Waals surface area (Å²) < 4.78 is 0. The number of hydrogen-bond acceptors (Lipinski definition) is 2. The van der Waals surface area contributed by atoms with Gasteiger partial charge in [-0.05, 0) is 49.4 Å². The second-order valence-corrected chi connectivity index (χ2v) is 5.06. The van der Waals surface area contributed by atoms with Gasteiger partial charge in [0, 0.05) is 29.3 Å². The molecule has 22 heavy (non-hydrogen) atoms. The highest BCUT2D eigenvalue weighted by molar-refractivity contribution is 6.33. The summed E-state index contributed by atoms with van der Waals surface area (Å²) in [5.74, 6) is 5.75. The topological polar surface area (TPSA) is 46.2 Å². The third-order valence-corrected chi connectivity index (χ3v) is 3.40. The molecule has 0 heterocycles. The molecule has 0 unspecified atom stereocenters. The predicted octanol–water partition coefficient (Wildman–Crippen LogP) is 3.30. The minimum atomic E-state index is -0.136. The van der Waals surface area contributed by atoms with Crippen LogP contribution in [0.15, 0.2) is 42.5 Å². The first-order valence-electron chi connectivity index (χ1n) is 6.66. The van der Waals surface area contributed by atoms with E-state index in [1.165, 1.54) is 6.92 Å². The van der Waals surface area contributed by atoms with Crippen molar-refractivity contribution in [2.45, 2.75) is 6.92 Å². The van der Waals surface area contributed by atoms with Crippen LogP contribution in [-0.2, 0) is 0 Å². The van der Waals surface area contributed by atoms with Crippen LogP contribution >= 0.6 is 11.6 Å². The van der Waals surface area contributed by atoms with E-state index in [9.17, 15) is 9.59 Å². The van der Waals surface area contributed by atoms with Gasteiger partial charge in [-0.25, -0.2) is 0 Å². The van der Waals surface area contributed by atoms with Gasteiger partial charge >= 0.3 is 0 Å². The van der Waals surface area contributed by atoms with Crippen LogP contribution < -0.4 is 5.32 Å². The van der Waals surface area contributed by atoms with Gasteiger partial charge in [0.25, 0.3) is 5.91 Å². The SMILES string of the molecule is CNC(=O)c1ccc(C#Cc2ccc(Cl)c(C(C)=O)c2)cc1. The van der Waals surface area contributed by atoms with E-state index in [4.69, 9.17) is 11.6 Å². The zero-order chi connectivity index (χ0) is 16.1. The minimum Gasteiger partial charge on any atom is -0.355 e. The van der Waals surface area contributed by atoms with Gasteiger partial charge in [-0.2, -0.15) is 0 Å². The third-order valence-electron chi connectivity index (χ3n) is 3.07. The summed E-state index contributed by atoms with van der Waals surface area (Å²) in [6, 6.07) is 12.1. The van der Waals surface area contributed by atoms with Crippen LogP contribution in [0, 0.1) is 11.8 Å². The van der Waals surface area contributed by atoms with Crippen LogP contribution in [0.2, 0.25) is 5.02 Å². The molecule has 0 aromatic heterocycles. The molecule has 110 valence electrons. The van der Waals surface area contributed by atoms with Crippen molar-refractivity contribution in [3.8, 4) is 11.8 Å². The molecule has 0 atom stereocenters. The molecule has 1 N–H and O–H groups in total. The van der Waals surface area contributed by atoms with E-state index in [2.05, 4.69) is 17.2 Å². The maximum atomic E-state index is 11.5. The molecule has 0 bridgehead atoms. The lowest BCUT2D eigenvalue weighted by Crippen LogP contribution is -2.17. The summed E-state index contributed by atoms with van der Waals surface area (Å²) in [7, 11) is 1.59. The number of halogens is 1. The van der Waals surface area contributed by atoms with E-state index < -0.39 is 0 Å². The van der Waals surface area contributed by atoms with Crippen molar-refractivity contribution in [2.75, 3.05) is 7.05 Å². The average molecular weight is 312 g/mol. The Morgan fingerprint density at radius 3 is 2.18 bits per heavy atom. The molecule has 2 aromatic carbocycles. The molecule has 0 radical (unpaired) electrons. The summed E-state index contributed by atoms with van der Waals surface area (Å²) in [6.45, 7) is 1.47. The number of nitrogens with one attached hydrogen (secondary N) is 1. The quantitative estimate of drug-likeness (QED) is 0.683. The molecule has 0 saturated heterocycles. The van der Waals surface area contributed by atoms with Gasteiger partial charge in [0.15, 0.2) is 5.78 Å². The number of hydrogen-bond donors (Lipinski definition) is 1. The molecule has 0 fully saturated rings. The highest BCUT2D eigenvalue weighted by Crippen LogP contribution is 2.17. The van der Waals surface area contributed by atoms with Crippen molar-refractivity contribution in [3.05, 3.63) is 69.7 Å². The molecular formula is C18H14ClNO2. The molecule has 1 amide bonds. The van der Waals surface area contributed by atoms with E-state index in [0.717, 1.165) is 5.56 Å². The van der Waals surface area contributed by atoms with E-state index in [0.29, 0.717) is 21.7 Å². The maximum Gasteiger partial charge on any atom is 0.251 e. The van der Waals surface area contributed by atoms with Crippen molar-refractivity contribution in [1.29, 1.82) is 0 Å². The maximum absolute atomic E-state index is 11.5. The summed E-state index contributed by atoms with van der Waals surface area (Å²) in [6.07, 6.45) is 0. The van der Waals surface area contributed by atoms with E-state index >= 15 is 0 Å². The minimum absolute atomic E-state index is 0.0939. The van der Waals surface area contributed by atoms with Gasteiger partial charge < -0.3 is 5.32 Å². The van der Waals surface area contributed by atoms with Gasteiger partial charge in [0.1, 0.15) is 0 Å². The molecule has 3 nitrogen and oxygen atoms in total. The standard InChI is InChI=1S/C18H14ClNO2/c1-12(21)16-11-14(7-10-17(16)19)4-3-13-5-8-15(9-6-13)18(22)20-2/h5-11H,1-2H3,(H,20,22). The predicted molar refractivity (Wildman–Crippen MR) is 87.3 cm³/mol. The number of ketones is 1. The molecule has 2 rings (SSSR count). The van der Waals surface area contributed by atoms with Crippen molar-refractivity contribution in [2.24, 2.45) is 0 Å². The summed E-state index contributed by atoms with van der Waals surface area (Å²) in [4.78, 5) is 22.9. The van der Waals surface area contributed by atoms with Crippen LogP contribution in [0.3, 0.4) is 0 Å². The lowest BCUT2D eigenvalue weighted by Gasteiger charge is -2.00. The third kappa shape index (κ3) is 3.75. The molecular weight excluding hydrogens is 298 g/mol. The van der Waals surface area contributed by atoms with Crippen LogP contribution in [0.5, 0.6) is 0 Å². The Hall–Kier alpha value is -2.57. The van der Waals surface area contributed by atoms with E-state index in [-0.39, 0.29) is 11.7 Å². The lowest BCUT2D eigenvalue weighted by molar-refractivity contribution is 0.0962. The van der Waals surface area contributed by atoms with Crippen molar-refractivity contribution < 1.29 is 9.59 Å². The fraction of sp³-hybridized carbons (Fsp3) is 0.111. The first-order chi connectivity index (χ1) is 10.5. The Kier molecular flexibility index (Phi) is 4.98. The summed E-state index contributed by atoms with van der Waals surface area (Å²) in [5.41, 5.74) is 2.54. The van der Waals surface area contributed by atoms with E-state index in [1.807, 2.05) is 0 Å². The molecule has 0 saturated carbocycles. The van der Waals surface area contributed by atoms with Crippen molar-refractivity contribution in [3.63, 3.8) is 0 Å². The second-order valence-electron chi connectivity index (χ2n) is 4.66. The van der Waals surface area contributed by atoms with Gasteiger partial charge in [-0.3, -0.25) is 9.59 Å². The fourth-order valence-electron chi connectivity index (χ4n) is 1.87. The monoisotopic (exact) mass is 311 g/mol. The molecule has 0 aliphatic heterocycles. The van der Waals surface area contributed by atoms with Crippen LogP contribution in [0.4, 0.5) is 0 Å². The Morgan fingerprint density at radius 2 is 1.59 bits per heavy atom. The van der Waals surface area contributed by atoms with Gasteiger partial charge in [0.05, 0.1) is 5.02 Å². The molecule has 4 heteroatoms. The number of Topliss-reactive ketones (excluding diaryl/α,β-unsaturated/α-hetero) is 1. The Morgan fingerprint density at radius 1 is 1.00 bits per heavy atom. The zero-order valence-electron chi connectivity index (χ0n) is 12.2. The van der Waals surface area contributed by atoms with Gasteiger partial charge in [-0.1, -0.05) is 23.4 Å². The number of carbonyl (C=O) groups is 2. The fourth-order valence-corrected chi connectivity index (χ4v) is 2.12. The number of amides is 1. The number of carbonyl (C=O) groups excluding carboxylic acids is 2. The average Bonchev–Trinajstić information content (AvgIpc) is 2.53. The normalized spacial score (nSPS) is 9.59. The van der Waals surface area contributed by atoms with Gasteiger partial charge in [0.2, 0.25) is 0 Å². The summed E-state index contributed by atoms with van der Waals surface area (Å²) in [5, 5.41) is 2.99. The number of rotatable bonds is 2. The lowest BCUT2D eigenvalue weighted by atomic mass is 10.1. The Bertz CT molecular complexity index is 783. The number of benzene rings is 2. The molecule has 0 aliphatic rings. The van der Waals surface area contributed by atoms with E-state index in [1.54, 1.807) is 49.5 Å². The van der Waals surface area contributed by atoms with Gasteiger partial charge in [-0.15, -0.1) is 0 Å². The zero-order valence-corrected chi connectivity index (χ0v) is 13.0. The molecule has 0 aliphatic carbocycles. The molecule has 0 spiro atoms.